The molecule has 0 aromatic heterocycles. The standard InChI is InChI=1S/C24H35N3O4S/c1-17(19-8-11-21(12-9-19)32(25,29)30)6-7-18(2)22-13-10-20(16-23(22)31-5)24(28)26-14-15-27(3)4/h8-13,16-18H,6-7,14-15H2,1-5H3,(H,26,28)(H2,25,29,30). The zero-order chi connectivity index (χ0) is 23.9. The fourth-order valence-electron chi connectivity index (χ4n) is 3.56. The number of primary sulfonamides is 1. The van der Waals surface area contributed by atoms with Crippen molar-refractivity contribution in [2.24, 2.45) is 5.14 Å². The molecule has 0 heterocycles. The number of amides is 1. The molecule has 0 aliphatic carbocycles. The molecule has 3 N–H and O–H groups in total. The van der Waals surface area contributed by atoms with Gasteiger partial charge in [0.05, 0.1) is 12.0 Å². The van der Waals surface area contributed by atoms with Crippen molar-refractivity contribution in [2.75, 3.05) is 34.3 Å². The van der Waals surface area contributed by atoms with Crippen LogP contribution in [0.15, 0.2) is 47.4 Å². The van der Waals surface area contributed by atoms with Gasteiger partial charge in [0.2, 0.25) is 10.0 Å². The molecular weight excluding hydrogens is 426 g/mol. The Hall–Kier alpha value is -2.42. The Morgan fingerprint density at radius 2 is 1.69 bits per heavy atom. The van der Waals surface area contributed by atoms with Crippen molar-refractivity contribution in [3.63, 3.8) is 0 Å². The molecule has 0 fully saturated rings. The highest BCUT2D eigenvalue weighted by Gasteiger charge is 2.17. The maximum atomic E-state index is 12.4. The monoisotopic (exact) mass is 461 g/mol. The van der Waals surface area contributed by atoms with Crippen LogP contribution >= 0.6 is 0 Å². The lowest BCUT2D eigenvalue weighted by molar-refractivity contribution is 0.0950. The van der Waals surface area contributed by atoms with Crippen molar-refractivity contribution in [2.45, 2.75) is 43.4 Å². The van der Waals surface area contributed by atoms with E-state index in [4.69, 9.17) is 9.88 Å². The number of nitrogens with two attached hydrogens (primary N) is 1. The van der Waals surface area contributed by atoms with Crippen molar-refractivity contribution >= 4 is 15.9 Å². The van der Waals surface area contributed by atoms with Crippen LogP contribution in [0.3, 0.4) is 0 Å². The van der Waals surface area contributed by atoms with Crippen LogP contribution in [0.4, 0.5) is 0 Å². The van der Waals surface area contributed by atoms with E-state index < -0.39 is 10.0 Å². The van der Waals surface area contributed by atoms with Gasteiger partial charge in [-0.1, -0.05) is 32.0 Å². The van der Waals surface area contributed by atoms with E-state index in [1.165, 1.54) is 0 Å². The lowest BCUT2D eigenvalue weighted by atomic mass is 9.88. The summed E-state index contributed by atoms with van der Waals surface area (Å²) in [6, 6.07) is 12.3. The number of rotatable bonds is 11. The molecule has 8 heteroatoms. The van der Waals surface area contributed by atoms with Gasteiger partial charge < -0.3 is 15.0 Å². The fourth-order valence-corrected chi connectivity index (χ4v) is 4.08. The summed E-state index contributed by atoms with van der Waals surface area (Å²) in [6.45, 7) is 5.63. The van der Waals surface area contributed by atoms with Crippen molar-refractivity contribution in [1.82, 2.24) is 10.2 Å². The van der Waals surface area contributed by atoms with Gasteiger partial charge in [0.25, 0.3) is 5.91 Å². The second-order valence-electron chi connectivity index (χ2n) is 8.51. The summed E-state index contributed by atoms with van der Waals surface area (Å²) in [5.74, 6) is 1.10. The lowest BCUT2D eigenvalue weighted by Crippen LogP contribution is -2.31. The molecule has 0 saturated heterocycles. The van der Waals surface area contributed by atoms with Crippen LogP contribution in [-0.4, -0.2) is 53.5 Å². The minimum atomic E-state index is -3.68. The van der Waals surface area contributed by atoms with Gasteiger partial charge in [-0.05, 0) is 74.2 Å². The number of carbonyl (C=O) groups excluding carboxylic acids is 1. The van der Waals surface area contributed by atoms with E-state index in [0.29, 0.717) is 17.9 Å². The third-order valence-electron chi connectivity index (χ3n) is 5.68. The highest BCUT2D eigenvalue weighted by molar-refractivity contribution is 7.89. The van der Waals surface area contributed by atoms with Crippen LogP contribution in [-0.2, 0) is 10.0 Å². The Kier molecular flexibility index (Phi) is 9.24. The largest absolute Gasteiger partial charge is 0.496 e. The first-order valence-electron chi connectivity index (χ1n) is 10.8. The zero-order valence-corrected chi connectivity index (χ0v) is 20.4. The molecule has 0 aliphatic rings. The van der Waals surface area contributed by atoms with Gasteiger partial charge in [0.1, 0.15) is 5.75 Å². The van der Waals surface area contributed by atoms with Crippen LogP contribution in [0.1, 0.15) is 60.0 Å². The predicted molar refractivity (Wildman–Crippen MR) is 128 cm³/mol. The Bertz CT molecular complexity index is 1000. The predicted octanol–water partition coefficient (Wildman–Crippen LogP) is 3.32. The van der Waals surface area contributed by atoms with Gasteiger partial charge >= 0.3 is 0 Å². The second-order valence-corrected chi connectivity index (χ2v) is 10.1. The molecule has 1 amide bonds. The van der Waals surface area contributed by atoms with Crippen LogP contribution in [0.2, 0.25) is 0 Å². The Balaban J connectivity index is 2.01. The quantitative estimate of drug-likeness (QED) is 0.534. The molecule has 0 bridgehead atoms. The number of ether oxygens (including phenoxy) is 1. The molecule has 7 nitrogen and oxygen atoms in total. The number of sulfonamides is 1. The molecule has 0 radical (unpaired) electrons. The maximum Gasteiger partial charge on any atom is 0.251 e. The Morgan fingerprint density at radius 3 is 2.25 bits per heavy atom. The van der Waals surface area contributed by atoms with Crippen LogP contribution < -0.4 is 15.2 Å². The molecular formula is C24H35N3O4S. The van der Waals surface area contributed by atoms with Crippen LogP contribution in [0, 0.1) is 0 Å². The Labute approximate surface area is 192 Å². The first-order valence-corrected chi connectivity index (χ1v) is 12.3. The minimum absolute atomic E-state index is 0.110. The third-order valence-corrected chi connectivity index (χ3v) is 6.61. The normalized spacial score (nSPS) is 13.6. The van der Waals surface area contributed by atoms with E-state index in [1.807, 2.05) is 43.3 Å². The fraction of sp³-hybridized carbons (Fsp3) is 0.458. The number of likely N-dealkylation sites (N-methyl/N-ethyl adjacent to an activating group) is 1. The number of benzene rings is 2. The molecule has 2 rings (SSSR count). The highest BCUT2D eigenvalue weighted by atomic mass is 32.2. The summed E-state index contributed by atoms with van der Waals surface area (Å²) < 4.78 is 28.4. The maximum absolute atomic E-state index is 12.4. The van der Waals surface area contributed by atoms with Crippen molar-refractivity contribution in [1.29, 1.82) is 0 Å². The molecule has 2 aromatic carbocycles. The molecule has 2 atom stereocenters. The SMILES string of the molecule is COc1cc(C(=O)NCCN(C)C)ccc1C(C)CCC(C)c1ccc(S(N)(=O)=O)cc1. The lowest BCUT2D eigenvalue weighted by Gasteiger charge is -2.19. The summed E-state index contributed by atoms with van der Waals surface area (Å²) >= 11 is 0. The van der Waals surface area contributed by atoms with E-state index in [9.17, 15) is 13.2 Å². The first kappa shape index (κ1) is 25.8. The topological polar surface area (TPSA) is 102 Å². The summed E-state index contributed by atoms with van der Waals surface area (Å²) in [6.07, 6.45) is 1.84. The number of methoxy groups -OCH3 is 1. The number of carbonyl (C=O) groups is 1. The van der Waals surface area contributed by atoms with Crippen molar-refractivity contribution in [3.05, 3.63) is 59.2 Å². The van der Waals surface area contributed by atoms with E-state index in [1.54, 1.807) is 25.3 Å². The van der Waals surface area contributed by atoms with Gasteiger partial charge in [-0.2, -0.15) is 0 Å². The van der Waals surface area contributed by atoms with Crippen molar-refractivity contribution < 1.29 is 17.9 Å². The number of hydrogen-bond acceptors (Lipinski definition) is 5. The van der Waals surface area contributed by atoms with Gasteiger partial charge in [-0.15, -0.1) is 0 Å². The number of nitrogens with zero attached hydrogens (tertiary/aromatic N) is 1. The number of nitrogens with one attached hydrogen (secondary N) is 1. The van der Waals surface area contributed by atoms with E-state index in [-0.39, 0.29) is 22.6 Å². The minimum Gasteiger partial charge on any atom is -0.496 e. The first-order chi connectivity index (χ1) is 15.0. The molecule has 0 spiro atoms. The smallest absolute Gasteiger partial charge is 0.251 e. The van der Waals surface area contributed by atoms with E-state index in [0.717, 1.165) is 30.5 Å². The molecule has 2 unspecified atom stereocenters. The summed E-state index contributed by atoms with van der Waals surface area (Å²) in [5.41, 5.74) is 2.72. The number of hydrogen-bond donors (Lipinski definition) is 2. The summed E-state index contributed by atoms with van der Waals surface area (Å²) in [4.78, 5) is 14.5. The average Bonchev–Trinajstić information content (AvgIpc) is 2.75. The van der Waals surface area contributed by atoms with Gasteiger partial charge in [0.15, 0.2) is 0 Å². The summed E-state index contributed by atoms with van der Waals surface area (Å²) in [7, 11) is 1.87. The van der Waals surface area contributed by atoms with Gasteiger partial charge in [-0.25, -0.2) is 13.6 Å². The van der Waals surface area contributed by atoms with Gasteiger partial charge in [0, 0.05) is 18.7 Å². The Morgan fingerprint density at radius 1 is 1.06 bits per heavy atom. The zero-order valence-electron chi connectivity index (χ0n) is 19.6. The van der Waals surface area contributed by atoms with Crippen molar-refractivity contribution in [3.8, 4) is 5.75 Å². The molecule has 0 aliphatic heterocycles. The van der Waals surface area contributed by atoms with Gasteiger partial charge in [-0.3, -0.25) is 4.79 Å². The second kappa shape index (κ2) is 11.4. The summed E-state index contributed by atoms with van der Waals surface area (Å²) in [5, 5.41) is 8.09. The van der Waals surface area contributed by atoms with Crippen LogP contribution in [0.5, 0.6) is 5.75 Å². The van der Waals surface area contributed by atoms with E-state index >= 15 is 0 Å². The molecule has 32 heavy (non-hydrogen) atoms. The molecule has 2 aromatic rings. The van der Waals surface area contributed by atoms with Crippen LogP contribution in [0.25, 0.3) is 0 Å². The average molecular weight is 462 g/mol. The molecule has 176 valence electrons. The third kappa shape index (κ3) is 7.32. The highest BCUT2D eigenvalue weighted by Crippen LogP contribution is 2.33. The molecule has 0 saturated carbocycles. The van der Waals surface area contributed by atoms with E-state index in [2.05, 4.69) is 19.2 Å².